The second kappa shape index (κ2) is 9.13. The van der Waals surface area contributed by atoms with Crippen molar-refractivity contribution in [1.29, 1.82) is 0 Å². The van der Waals surface area contributed by atoms with Crippen molar-refractivity contribution in [2.45, 2.75) is 19.2 Å². The van der Waals surface area contributed by atoms with Gasteiger partial charge in [0.15, 0.2) is 5.82 Å². The topological polar surface area (TPSA) is 106 Å². The Balaban J connectivity index is 1.65. The van der Waals surface area contributed by atoms with Crippen molar-refractivity contribution in [2.24, 2.45) is 0 Å². The number of carbonyl (C=O) groups is 1. The minimum Gasteiger partial charge on any atom is -0.369 e. The fraction of sp³-hybridized carbons (Fsp3) is 0.278. The van der Waals surface area contributed by atoms with Gasteiger partial charge in [-0.15, -0.1) is 10.2 Å². The van der Waals surface area contributed by atoms with Gasteiger partial charge in [-0.3, -0.25) is 4.79 Å². The monoisotopic (exact) mass is 384 g/mol. The molecule has 0 saturated heterocycles. The fourth-order valence-corrected chi connectivity index (χ4v) is 2.76. The quantitative estimate of drug-likeness (QED) is 0.611. The zero-order chi connectivity index (χ0) is 19.1. The molecule has 2 aromatic heterocycles. The van der Waals surface area contributed by atoms with Crippen LogP contribution >= 0.6 is 11.8 Å². The zero-order valence-electron chi connectivity index (χ0n) is 15.1. The maximum atomic E-state index is 12.4. The number of nitrogens with one attached hydrogen (secondary N) is 2. The van der Waals surface area contributed by atoms with Gasteiger partial charge < -0.3 is 15.2 Å². The fourth-order valence-electron chi connectivity index (χ4n) is 2.39. The van der Waals surface area contributed by atoms with Crippen LogP contribution in [0.25, 0.3) is 11.3 Å². The first kappa shape index (κ1) is 18.8. The van der Waals surface area contributed by atoms with E-state index in [9.17, 15) is 4.79 Å². The second-order valence-corrected chi connectivity index (χ2v) is 6.50. The highest BCUT2D eigenvalue weighted by Gasteiger charge is 2.11. The van der Waals surface area contributed by atoms with E-state index in [2.05, 4.69) is 31.0 Å². The van der Waals surface area contributed by atoms with Crippen LogP contribution in [0.15, 0.2) is 40.9 Å². The van der Waals surface area contributed by atoms with Crippen LogP contribution in [0.5, 0.6) is 0 Å². The highest BCUT2D eigenvalue weighted by atomic mass is 32.2. The predicted octanol–water partition coefficient (Wildman–Crippen LogP) is 2.75. The molecule has 1 amide bonds. The zero-order valence-corrected chi connectivity index (χ0v) is 15.9. The van der Waals surface area contributed by atoms with Gasteiger partial charge >= 0.3 is 0 Å². The Morgan fingerprint density at radius 1 is 1.22 bits per heavy atom. The molecule has 9 heteroatoms. The molecule has 0 spiro atoms. The summed E-state index contributed by atoms with van der Waals surface area (Å²) in [5.41, 5.74) is 2.04. The molecule has 0 radical (unpaired) electrons. The standard InChI is InChI=1S/C18H20N6O2S/c1-3-19-15-8-7-14(22-23-15)12-5-4-6-13(9-12)18(25)20-10-17-21-16(11-27-2)24-26-17/h4-9H,3,10-11H2,1-2H3,(H,19,23)(H,20,25). The minimum atomic E-state index is -0.223. The summed E-state index contributed by atoms with van der Waals surface area (Å²) in [6, 6.07) is 11.0. The summed E-state index contributed by atoms with van der Waals surface area (Å²) >= 11 is 1.60. The molecular weight excluding hydrogens is 364 g/mol. The summed E-state index contributed by atoms with van der Waals surface area (Å²) in [4.78, 5) is 16.6. The van der Waals surface area contributed by atoms with Gasteiger partial charge in [0.05, 0.1) is 18.0 Å². The van der Waals surface area contributed by atoms with Crippen LogP contribution in [0.4, 0.5) is 5.82 Å². The lowest BCUT2D eigenvalue weighted by Gasteiger charge is -2.06. The summed E-state index contributed by atoms with van der Waals surface area (Å²) in [5.74, 6) is 2.17. The molecular formula is C18H20N6O2S. The van der Waals surface area contributed by atoms with E-state index in [1.165, 1.54) is 0 Å². The van der Waals surface area contributed by atoms with Gasteiger partial charge in [0.25, 0.3) is 5.91 Å². The highest BCUT2D eigenvalue weighted by Crippen LogP contribution is 2.18. The van der Waals surface area contributed by atoms with Crippen LogP contribution in [-0.4, -0.2) is 39.0 Å². The Labute approximate surface area is 161 Å². The van der Waals surface area contributed by atoms with Crippen molar-refractivity contribution in [3.8, 4) is 11.3 Å². The van der Waals surface area contributed by atoms with Crippen molar-refractivity contribution in [3.05, 3.63) is 53.7 Å². The first-order chi connectivity index (χ1) is 13.2. The van der Waals surface area contributed by atoms with Crippen molar-refractivity contribution in [1.82, 2.24) is 25.7 Å². The molecule has 0 fully saturated rings. The average Bonchev–Trinajstić information content (AvgIpc) is 3.15. The highest BCUT2D eigenvalue weighted by molar-refractivity contribution is 7.97. The maximum absolute atomic E-state index is 12.4. The van der Waals surface area contributed by atoms with Gasteiger partial charge in [-0.1, -0.05) is 17.3 Å². The van der Waals surface area contributed by atoms with Gasteiger partial charge in [0.1, 0.15) is 5.82 Å². The first-order valence-corrected chi connectivity index (χ1v) is 9.85. The molecule has 3 rings (SSSR count). The van der Waals surface area contributed by atoms with E-state index < -0.39 is 0 Å². The van der Waals surface area contributed by atoms with Gasteiger partial charge in [0.2, 0.25) is 5.89 Å². The van der Waals surface area contributed by atoms with Gasteiger partial charge in [0, 0.05) is 17.7 Å². The van der Waals surface area contributed by atoms with Crippen molar-refractivity contribution in [2.75, 3.05) is 18.1 Å². The number of rotatable bonds is 8. The Bertz CT molecular complexity index is 897. The lowest BCUT2D eigenvalue weighted by atomic mass is 10.1. The lowest BCUT2D eigenvalue weighted by Crippen LogP contribution is -2.23. The van der Waals surface area contributed by atoms with Crippen LogP contribution in [0.2, 0.25) is 0 Å². The molecule has 0 aliphatic heterocycles. The summed E-state index contributed by atoms with van der Waals surface area (Å²) in [6.07, 6.45) is 1.96. The smallest absolute Gasteiger partial charge is 0.251 e. The van der Waals surface area contributed by atoms with E-state index in [0.717, 1.165) is 17.9 Å². The molecule has 27 heavy (non-hydrogen) atoms. The van der Waals surface area contributed by atoms with E-state index in [-0.39, 0.29) is 12.5 Å². The van der Waals surface area contributed by atoms with E-state index in [4.69, 9.17) is 4.52 Å². The number of hydrogen-bond acceptors (Lipinski definition) is 8. The molecule has 2 heterocycles. The van der Waals surface area contributed by atoms with E-state index in [1.54, 1.807) is 23.9 Å². The molecule has 140 valence electrons. The van der Waals surface area contributed by atoms with E-state index in [0.29, 0.717) is 28.7 Å². The number of hydrogen-bond donors (Lipinski definition) is 2. The molecule has 0 atom stereocenters. The molecule has 0 bridgehead atoms. The Morgan fingerprint density at radius 3 is 2.85 bits per heavy atom. The number of thioether (sulfide) groups is 1. The largest absolute Gasteiger partial charge is 0.369 e. The van der Waals surface area contributed by atoms with Gasteiger partial charge in [-0.2, -0.15) is 16.7 Å². The van der Waals surface area contributed by atoms with Crippen molar-refractivity contribution >= 4 is 23.5 Å². The summed E-state index contributed by atoms with van der Waals surface area (Å²) < 4.78 is 5.11. The van der Waals surface area contributed by atoms with Crippen LogP contribution in [0.1, 0.15) is 29.0 Å². The molecule has 0 unspecified atom stereocenters. The molecule has 0 aliphatic carbocycles. The van der Waals surface area contributed by atoms with E-state index >= 15 is 0 Å². The van der Waals surface area contributed by atoms with Gasteiger partial charge in [-0.05, 0) is 37.4 Å². The van der Waals surface area contributed by atoms with Crippen LogP contribution in [0.3, 0.4) is 0 Å². The summed E-state index contributed by atoms with van der Waals surface area (Å²) in [5, 5.41) is 18.1. The van der Waals surface area contributed by atoms with E-state index in [1.807, 2.05) is 37.4 Å². The number of carbonyl (C=O) groups excluding carboxylic acids is 1. The lowest BCUT2D eigenvalue weighted by molar-refractivity contribution is 0.0946. The third-order valence-corrected chi connectivity index (χ3v) is 4.17. The normalized spacial score (nSPS) is 10.6. The number of anilines is 1. The molecule has 3 aromatic rings. The Hall–Kier alpha value is -2.94. The van der Waals surface area contributed by atoms with Crippen molar-refractivity contribution < 1.29 is 9.32 Å². The van der Waals surface area contributed by atoms with Crippen LogP contribution < -0.4 is 10.6 Å². The second-order valence-electron chi connectivity index (χ2n) is 5.63. The maximum Gasteiger partial charge on any atom is 0.251 e. The molecule has 0 aliphatic rings. The van der Waals surface area contributed by atoms with Gasteiger partial charge in [-0.25, -0.2) is 0 Å². The summed E-state index contributed by atoms with van der Waals surface area (Å²) in [7, 11) is 0. The minimum absolute atomic E-state index is 0.182. The number of amides is 1. The average molecular weight is 384 g/mol. The number of nitrogens with zero attached hydrogens (tertiary/aromatic N) is 4. The molecule has 2 N–H and O–H groups in total. The van der Waals surface area contributed by atoms with Crippen LogP contribution in [-0.2, 0) is 12.3 Å². The Morgan fingerprint density at radius 2 is 2.11 bits per heavy atom. The SMILES string of the molecule is CCNc1ccc(-c2cccc(C(=O)NCc3nc(CSC)no3)c2)nn1. The third-order valence-electron chi connectivity index (χ3n) is 3.63. The molecule has 1 aromatic carbocycles. The number of benzene rings is 1. The predicted molar refractivity (Wildman–Crippen MR) is 104 cm³/mol. The first-order valence-electron chi connectivity index (χ1n) is 8.46. The molecule has 8 nitrogen and oxygen atoms in total. The molecule has 0 saturated carbocycles. The Kier molecular flexibility index (Phi) is 6.37. The number of aromatic nitrogens is 4. The van der Waals surface area contributed by atoms with Crippen molar-refractivity contribution in [3.63, 3.8) is 0 Å². The van der Waals surface area contributed by atoms with Crippen LogP contribution in [0, 0.1) is 0 Å². The summed E-state index contributed by atoms with van der Waals surface area (Å²) in [6.45, 7) is 2.96. The third kappa shape index (κ3) is 5.04.